The molecule has 1 aliphatic heterocycles. The quantitative estimate of drug-likeness (QED) is 0.284. The van der Waals surface area contributed by atoms with Crippen molar-refractivity contribution in [1.29, 1.82) is 0 Å². The second kappa shape index (κ2) is 7.09. The van der Waals surface area contributed by atoms with Crippen molar-refractivity contribution in [3.63, 3.8) is 0 Å². The Morgan fingerprint density at radius 2 is 1.77 bits per heavy atom. The van der Waals surface area contributed by atoms with Crippen LogP contribution in [0.5, 0.6) is 0 Å². The van der Waals surface area contributed by atoms with Gasteiger partial charge in [-0.15, -0.1) is 0 Å². The summed E-state index contributed by atoms with van der Waals surface area (Å²) in [6.45, 7) is 0. The maximum absolute atomic E-state index is 12.1. The number of carbonyl (C=O) groups is 1. The van der Waals surface area contributed by atoms with Crippen molar-refractivity contribution in [3.8, 4) is 11.3 Å². The van der Waals surface area contributed by atoms with Gasteiger partial charge in [0.15, 0.2) is 5.70 Å². The number of rotatable bonds is 3. The first-order valence-electron chi connectivity index (χ1n) is 7.73. The minimum absolute atomic E-state index is 0.193. The molecule has 128 valence electrons. The maximum atomic E-state index is 12.1. The van der Waals surface area contributed by atoms with E-state index in [0.717, 1.165) is 14.7 Å². The highest BCUT2D eigenvalue weighted by Gasteiger charge is 2.24. The molecule has 2 aromatic carbocycles. The molecule has 0 atom stereocenters. The van der Waals surface area contributed by atoms with Gasteiger partial charge in [0.1, 0.15) is 11.5 Å². The average molecular weight is 476 g/mol. The molecule has 0 aliphatic carbocycles. The summed E-state index contributed by atoms with van der Waals surface area (Å²) in [5.74, 6) is 0.903. The molecule has 4 rings (SSSR count). The summed E-state index contributed by atoms with van der Waals surface area (Å²) in [4.78, 5) is 16.4. The second-order valence-electron chi connectivity index (χ2n) is 5.52. The molecule has 0 spiro atoms. The highest BCUT2D eigenvalue weighted by atomic mass is 127. The van der Waals surface area contributed by atoms with E-state index in [9.17, 15) is 4.79 Å². The van der Waals surface area contributed by atoms with Gasteiger partial charge in [-0.1, -0.05) is 23.7 Å². The molecule has 0 saturated carbocycles. The summed E-state index contributed by atoms with van der Waals surface area (Å²) < 4.78 is 12.1. The van der Waals surface area contributed by atoms with Gasteiger partial charge in [-0.05, 0) is 71.1 Å². The molecule has 4 nitrogen and oxygen atoms in total. The summed E-state index contributed by atoms with van der Waals surface area (Å²) in [5.41, 5.74) is 1.73. The highest BCUT2D eigenvalue weighted by molar-refractivity contribution is 14.1. The number of furan rings is 1. The number of esters is 1. The van der Waals surface area contributed by atoms with E-state index >= 15 is 0 Å². The van der Waals surface area contributed by atoms with Crippen LogP contribution in [0.2, 0.25) is 5.02 Å². The minimum Gasteiger partial charge on any atom is -0.457 e. The number of aliphatic imine (C=N–C) groups is 1. The Morgan fingerprint density at radius 1 is 1.00 bits per heavy atom. The summed E-state index contributed by atoms with van der Waals surface area (Å²) in [5, 5.41) is 0.598. The molecule has 2 heterocycles. The first-order valence-corrected chi connectivity index (χ1v) is 9.19. The molecule has 0 saturated heterocycles. The van der Waals surface area contributed by atoms with Crippen LogP contribution in [-0.2, 0) is 9.53 Å². The van der Waals surface area contributed by atoms with Crippen molar-refractivity contribution in [1.82, 2.24) is 0 Å². The Labute approximate surface area is 168 Å². The lowest BCUT2D eigenvalue weighted by Crippen LogP contribution is -2.05. The normalized spacial score (nSPS) is 15.2. The predicted molar refractivity (Wildman–Crippen MR) is 109 cm³/mol. The summed E-state index contributed by atoms with van der Waals surface area (Å²) in [6.07, 6.45) is 1.56. The van der Waals surface area contributed by atoms with Crippen LogP contribution in [0, 0.1) is 3.57 Å². The molecule has 0 N–H and O–H groups in total. The number of carbonyl (C=O) groups excluding carboxylic acids is 1. The number of hydrogen-bond acceptors (Lipinski definition) is 4. The van der Waals surface area contributed by atoms with Crippen molar-refractivity contribution in [2.24, 2.45) is 4.99 Å². The third-order valence-electron chi connectivity index (χ3n) is 3.76. The van der Waals surface area contributed by atoms with Gasteiger partial charge < -0.3 is 9.15 Å². The van der Waals surface area contributed by atoms with Crippen LogP contribution in [0.3, 0.4) is 0 Å². The zero-order valence-electron chi connectivity index (χ0n) is 13.3. The molecule has 3 aromatic rings. The molecule has 1 aliphatic rings. The molecule has 0 radical (unpaired) electrons. The van der Waals surface area contributed by atoms with Crippen LogP contribution < -0.4 is 0 Å². The van der Waals surface area contributed by atoms with Gasteiger partial charge in [0.25, 0.3) is 0 Å². The van der Waals surface area contributed by atoms with E-state index in [2.05, 4.69) is 27.6 Å². The Balaban J connectivity index is 1.63. The Morgan fingerprint density at radius 3 is 2.54 bits per heavy atom. The molecule has 6 heteroatoms. The minimum atomic E-state index is -0.505. The van der Waals surface area contributed by atoms with E-state index in [4.69, 9.17) is 20.8 Å². The number of cyclic esters (lactones) is 1. The fourth-order valence-corrected chi connectivity index (χ4v) is 3.08. The number of halogens is 2. The van der Waals surface area contributed by atoms with Crippen molar-refractivity contribution < 1.29 is 13.9 Å². The maximum Gasteiger partial charge on any atom is 0.363 e. The number of benzene rings is 2. The average Bonchev–Trinajstić information content (AvgIpc) is 3.24. The third-order valence-corrected chi connectivity index (χ3v) is 4.81. The highest BCUT2D eigenvalue weighted by Crippen LogP contribution is 2.30. The molecule has 0 unspecified atom stereocenters. The summed E-state index contributed by atoms with van der Waals surface area (Å²) >= 11 is 8.40. The van der Waals surface area contributed by atoms with E-state index in [1.54, 1.807) is 24.3 Å². The molecule has 26 heavy (non-hydrogen) atoms. The Kier molecular flexibility index (Phi) is 4.65. The van der Waals surface area contributed by atoms with Crippen molar-refractivity contribution in [2.75, 3.05) is 0 Å². The largest absolute Gasteiger partial charge is 0.457 e. The number of hydrogen-bond donors (Lipinski definition) is 0. The lowest BCUT2D eigenvalue weighted by Gasteiger charge is -1.99. The van der Waals surface area contributed by atoms with Gasteiger partial charge in [0.2, 0.25) is 5.90 Å². The SMILES string of the molecule is O=C1OC(c2ccc(I)cc2)=N/C1=C\c1ccc(-c2ccccc2Cl)o1. The number of nitrogens with zero attached hydrogens (tertiary/aromatic N) is 1. The zero-order chi connectivity index (χ0) is 18.1. The van der Waals surface area contributed by atoms with E-state index in [1.165, 1.54) is 0 Å². The van der Waals surface area contributed by atoms with E-state index in [0.29, 0.717) is 16.5 Å². The standard InChI is InChI=1S/C20H11ClINO3/c21-16-4-2-1-3-15(16)18-10-9-14(25-18)11-17-20(24)26-19(23-17)12-5-7-13(22)8-6-12/h1-11H/b17-11-. The van der Waals surface area contributed by atoms with Crippen LogP contribution in [0.1, 0.15) is 11.3 Å². The van der Waals surface area contributed by atoms with Crippen LogP contribution >= 0.6 is 34.2 Å². The first-order chi connectivity index (χ1) is 12.6. The van der Waals surface area contributed by atoms with Crippen LogP contribution in [-0.4, -0.2) is 11.9 Å². The van der Waals surface area contributed by atoms with Gasteiger partial charge in [-0.2, -0.15) is 0 Å². The first kappa shape index (κ1) is 17.1. The third kappa shape index (κ3) is 3.45. The van der Waals surface area contributed by atoms with Crippen molar-refractivity contribution in [3.05, 3.63) is 86.3 Å². The predicted octanol–water partition coefficient (Wildman–Crippen LogP) is 5.55. The van der Waals surface area contributed by atoms with Gasteiger partial charge >= 0.3 is 5.97 Å². The Hall–Kier alpha value is -2.38. The number of ether oxygens (including phenoxy) is 1. The summed E-state index contributed by atoms with van der Waals surface area (Å²) in [7, 11) is 0. The smallest absolute Gasteiger partial charge is 0.363 e. The fourth-order valence-electron chi connectivity index (χ4n) is 2.50. The van der Waals surface area contributed by atoms with E-state index < -0.39 is 5.97 Å². The van der Waals surface area contributed by atoms with Crippen molar-refractivity contribution in [2.45, 2.75) is 0 Å². The van der Waals surface area contributed by atoms with Crippen molar-refractivity contribution >= 4 is 52.1 Å². The van der Waals surface area contributed by atoms with Gasteiger partial charge in [-0.25, -0.2) is 9.79 Å². The fraction of sp³-hybridized carbons (Fsp3) is 0. The molecule has 1 aromatic heterocycles. The van der Waals surface area contributed by atoms with E-state index in [1.807, 2.05) is 42.5 Å². The van der Waals surface area contributed by atoms with Crippen LogP contribution in [0.4, 0.5) is 0 Å². The molecule has 0 bridgehead atoms. The van der Waals surface area contributed by atoms with Gasteiger partial charge in [-0.3, -0.25) is 0 Å². The second-order valence-corrected chi connectivity index (χ2v) is 7.18. The molecule has 0 amide bonds. The van der Waals surface area contributed by atoms with E-state index in [-0.39, 0.29) is 11.6 Å². The van der Waals surface area contributed by atoms with Crippen LogP contribution in [0.25, 0.3) is 17.4 Å². The topological polar surface area (TPSA) is 51.8 Å². The van der Waals surface area contributed by atoms with Gasteiger partial charge in [0, 0.05) is 20.8 Å². The van der Waals surface area contributed by atoms with Crippen LogP contribution in [0.15, 0.2) is 75.8 Å². The lowest BCUT2D eigenvalue weighted by atomic mass is 10.2. The molecule has 0 fully saturated rings. The Bertz CT molecular complexity index is 1050. The monoisotopic (exact) mass is 475 g/mol. The summed E-state index contributed by atoms with van der Waals surface area (Å²) in [6, 6.07) is 18.5. The molecular weight excluding hydrogens is 465 g/mol. The molecular formula is C20H11ClINO3. The lowest BCUT2D eigenvalue weighted by molar-refractivity contribution is -0.129. The van der Waals surface area contributed by atoms with Gasteiger partial charge in [0.05, 0.1) is 5.02 Å². The zero-order valence-corrected chi connectivity index (χ0v) is 16.2.